The number of nitrogen functional groups attached to an aromatic ring is 1. The minimum absolute atomic E-state index is 0.252. The molecule has 0 aromatic heterocycles. The lowest BCUT2D eigenvalue weighted by atomic mass is 9.89. The molecule has 1 heteroatoms. The van der Waals surface area contributed by atoms with Gasteiger partial charge in [0.15, 0.2) is 0 Å². The van der Waals surface area contributed by atoms with Crippen LogP contribution in [0, 0.1) is 5.41 Å². The van der Waals surface area contributed by atoms with Gasteiger partial charge in [-0.1, -0.05) is 51.1 Å². The predicted octanol–water partition coefficient (Wildman–Crippen LogP) is 3.72. The summed E-state index contributed by atoms with van der Waals surface area (Å²) in [6, 6.07) is 7.93. The number of rotatable bonds is 3. The number of allylic oxidation sites excluding steroid dienone is 1. The number of hydrogen-bond donors (Lipinski definition) is 1. The fourth-order valence-corrected chi connectivity index (χ4v) is 1.10. The van der Waals surface area contributed by atoms with Crippen LogP contribution in [0.1, 0.15) is 32.8 Å². The Balaban J connectivity index is 2.84. The van der Waals surface area contributed by atoms with E-state index in [1.54, 1.807) is 0 Å². The van der Waals surface area contributed by atoms with Crippen molar-refractivity contribution in [1.82, 2.24) is 0 Å². The third-order valence-electron chi connectivity index (χ3n) is 2.62. The summed E-state index contributed by atoms with van der Waals surface area (Å²) in [5.74, 6) is 0. The van der Waals surface area contributed by atoms with Gasteiger partial charge in [-0.15, -0.1) is 0 Å². The van der Waals surface area contributed by atoms with Gasteiger partial charge in [0.25, 0.3) is 0 Å². The highest BCUT2D eigenvalue weighted by Gasteiger charge is 2.09. The Hall–Kier alpha value is -1.24. The molecule has 0 saturated carbocycles. The molecule has 0 fully saturated rings. The van der Waals surface area contributed by atoms with E-state index in [-0.39, 0.29) is 5.41 Å². The highest BCUT2D eigenvalue weighted by Crippen LogP contribution is 2.23. The minimum Gasteiger partial charge on any atom is -0.398 e. The van der Waals surface area contributed by atoms with Gasteiger partial charge in [0.2, 0.25) is 0 Å². The van der Waals surface area contributed by atoms with Crippen molar-refractivity contribution in [2.75, 3.05) is 5.73 Å². The molecule has 1 rings (SSSR count). The third-order valence-corrected chi connectivity index (χ3v) is 2.62. The van der Waals surface area contributed by atoms with Gasteiger partial charge in [0.1, 0.15) is 0 Å². The van der Waals surface area contributed by atoms with E-state index in [1.807, 2.05) is 24.3 Å². The molecule has 1 aromatic carbocycles. The molecule has 0 heterocycles. The normalized spacial score (nSPS) is 12.2. The van der Waals surface area contributed by atoms with Gasteiger partial charge in [0, 0.05) is 5.69 Å². The van der Waals surface area contributed by atoms with Crippen LogP contribution in [0.5, 0.6) is 0 Å². The van der Waals surface area contributed by atoms with Gasteiger partial charge < -0.3 is 5.73 Å². The van der Waals surface area contributed by atoms with E-state index in [0.29, 0.717) is 0 Å². The zero-order valence-corrected chi connectivity index (χ0v) is 9.25. The highest BCUT2D eigenvalue weighted by atomic mass is 14.5. The summed E-state index contributed by atoms with van der Waals surface area (Å²) in [5, 5.41) is 0. The van der Waals surface area contributed by atoms with Crippen LogP contribution >= 0.6 is 0 Å². The van der Waals surface area contributed by atoms with Gasteiger partial charge in [-0.25, -0.2) is 0 Å². The van der Waals surface area contributed by atoms with E-state index >= 15 is 0 Å². The van der Waals surface area contributed by atoms with Gasteiger partial charge in [0.05, 0.1) is 0 Å². The Morgan fingerprint density at radius 1 is 1.29 bits per heavy atom. The van der Waals surface area contributed by atoms with Gasteiger partial charge in [-0.05, 0) is 23.5 Å². The van der Waals surface area contributed by atoms with Gasteiger partial charge >= 0.3 is 0 Å². The second-order valence-corrected chi connectivity index (χ2v) is 4.30. The molecule has 0 aliphatic heterocycles. The first-order valence-corrected chi connectivity index (χ1v) is 5.09. The molecule has 0 saturated heterocycles. The van der Waals surface area contributed by atoms with Crippen LogP contribution in [0.25, 0.3) is 6.08 Å². The molecule has 0 spiro atoms. The zero-order chi connectivity index (χ0) is 10.6. The molecular formula is C13H19N. The van der Waals surface area contributed by atoms with Crippen LogP contribution in [-0.2, 0) is 0 Å². The molecule has 76 valence electrons. The first-order valence-electron chi connectivity index (χ1n) is 5.09. The van der Waals surface area contributed by atoms with Crippen LogP contribution < -0.4 is 5.73 Å². The molecule has 0 bridgehead atoms. The number of nitrogens with two attached hydrogens (primary N) is 1. The molecule has 1 nitrogen and oxygen atoms in total. The van der Waals surface area contributed by atoms with E-state index in [0.717, 1.165) is 17.7 Å². The molecular weight excluding hydrogens is 170 g/mol. The van der Waals surface area contributed by atoms with Crippen LogP contribution in [0.2, 0.25) is 0 Å². The van der Waals surface area contributed by atoms with Gasteiger partial charge in [-0.2, -0.15) is 0 Å². The second kappa shape index (κ2) is 4.32. The summed E-state index contributed by atoms with van der Waals surface area (Å²) >= 11 is 0. The monoisotopic (exact) mass is 189 g/mol. The largest absolute Gasteiger partial charge is 0.398 e. The summed E-state index contributed by atoms with van der Waals surface area (Å²) in [6.45, 7) is 6.64. The van der Waals surface area contributed by atoms with Crippen molar-refractivity contribution in [3.8, 4) is 0 Å². The maximum atomic E-state index is 5.84. The first-order chi connectivity index (χ1) is 6.55. The molecule has 0 atom stereocenters. The summed E-state index contributed by atoms with van der Waals surface area (Å²) in [4.78, 5) is 0. The number of hydrogen-bond acceptors (Lipinski definition) is 1. The lowest BCUT2D eigenvalue weighted by molar-refractivity contribution is 0.464. The fraction of sp³-hybridized carbons (Fsp3) is 0.385. The Labute approximate surface area is 86.6 Å². The Morgan fingerprint density at radius 3 is 2.50 bits per heavy atom. The van der Waals surface area contributed by atoms with Crippen molar-refractivity contribution in [3.05, 3.63) is 35.9 Å². The molecule has 2 N–H and O–H groups in total. The number of para-hydroxylation sites is 1. The Morgan fingerprint density at radius 2 is 1.93 bits per heavy atom. The topological polar surface area (TPSA) is 26.0 Å². The van der Waals surface area contributed by atoms with Gasteiger partial charge in [-0.3, -0.25) is 0 Å². The average Bonchev–Trinajstić information content (AvgIpc) is 2.17. The Kier molecular flexibility index (Phi) is 3.34. The SMILES string of the molecule is CCC(C)(C)/C=C/c1ccccc1N. The maximum absolute atomic E-state index is 5.84. The molecule has 0 unspecified atom stereocenters. The predicted molar refractivity (Wildman–Crippen MR) is 64.0 cm³/mol. The van der Waals surface area contributed by atoms with Crippen molar-refractivity contribution in [2.45, 2.75) is 27.2 Å². The van der Waals surface area contributed by atoms with Crippen molar-refractivity contribution in [1.29, 1.82) is 0 Å². The van der Waals surface area contributed by atoms with Crippen molar-refractivity contribution >= 4 is 11.8 Å². The molecule has 14 heavy (non-hydrogen) atoms. The smallest absolute Gasteiger partial charge is 0.0387 e. The van der Waals surface area contributed by atoms with Crippen LogP contribution in [0.3, 0.4) is 0 Å². The summed E-state index contributed by atoms with van der Waals surface area (Å²) < 4.78 is 0. The van der Waals surface area contributed by atoms with E-state index in [2.05, 4.69) is 32.9 Å². The molecule has 0 radical (unpaired) electrons. The standard InChI is InChI=1S/C13H19N/c1-4-13(2,3)10-9-11-7-5-6-8-12(11)14/h5-10H,4,14H2,1-3H3/b10-9+. The van der Waals surface area contributed by atoms with E-state index in [9.17, 15) is 0 Å². The number of anilines is 1. The molecule has 0 aliphatic carbocycles. The third kappa shape index (κ3) is 2.91. The highest BCUT2D eigenvalue weighted by molar-refractivity contribution is 5.64. The molecule has 0 amide bonds. The van der Waals surface area contributed by atoms with Crippen LogP contribution in [0.4, 0.5) is 5.69 Å². The lowest BCUT2D eigenvalue weighted by Gasteiger charge is -2.16. The van der Waals surface area contributed by atoms with E-state index in [1.165, 1.54) is 0 Å². The molecule has 1 aromatic rings. The quantitative estimate of drug-likeness (QED) is 0.720. The minimum atomic E-state index is 0.252. The van der Waals surface area contributed by atoms with E-state index in [4.69, 9.17) is 5.73 Å². The maximum Gasteiger partial charge on any atom is 0.0387 e. The Bertz CT molecular complexity index is 324. The lowest BCUT2D eigenvalue weighted by Crippen LogP contribution is -2.04. The average molecular weight is 189 g/mol. The summed E-state index contributed by atoms with van der Waals surface area (Å²) in [5.41, 5.74) is 8.04. The van der Waals surface area contributed by atoms with Crippen LogP contribution in [0.15, 0.2) is 30.3 Å². The van der Waals surface area contributed by atoms with Crippen molar-refractivity contribution in [3.63, 3.8) is 0 Å². The van der Waals surface area contributed by atoms with Crippen molar-refractivity contribution in [2.24, 2.45) is 5.41 Å². The number of benzene rings is 1. The summed E-state index contributed by atoms with van der Waals surface area (Å²) in [6.07, 6.45) is 5.47. The zero-order valence-electron chi connectivity index (χ0n) is 9.25. The summed E-state index contributed by atoms with van der Waals surface area (Å²) in [7, 11) is 0. The van der Waals surface area contributed by atoms with Crippen molar-refractivity contribution < 1.29 is 0 Å². The first kappa shape index (κ1) is 10.8. The van der Waals surface area contributed by atoms with E-state index < -0.39 is 0 Å². The van der Waals surface area contributed by atoms with Crippen LogP contribution in [-0.4, -0.2) is 0 Å². The second-order valence-electron chi connectivity index (χ2n) is 4.30. The molecule has 0 aliphatic rings. The fourth-order valence-electron chi connectivity index (χ4n) is 1.10.